The van der Waals surface area contributed by atoms with Gasteiger partial charge in [0.15, 0.2) is 11.6 Å². The molecule has 0 spiro atoms. The minimum absolute atomic E-state index is 0.0916. The second-order valence-corrected chi connectivity index (χ2v) is 12.1. The van der Waals surface area contributed by atoms with Gasteiger partial charge in [-0.25, -0.2) is 8.78 Å². The van der Waals surface area contributed by atoms with Gasteiger partial charge >= 0.3 is 5.97 Å². The number of rotatable bonds is 5. The van der Waals surface area contributed by atoms with E-state index in [1.165, 1.54) is 31.4 Å². The van der Waals surface area contributed by atoms with E-state index in [1.807, 2.05) is 20.8 Å². The lowest BCUT2D eigenvalue weighted by atomic mass is 9.81. The van der Waals surface area contributed by atoms with Crippen LogP contribution in [0.4, 0.5) is 8.78 Å². The van der Waals surface area contributed by atoms with Crippen molar-refractivity contribution < 1.29 is 38.1 Å². The number of hydrogen-bond donors (Lipinski definition) is 2. The van der Waals surface area contributed by atoms with E-state index in [9.17, 15) is 19.1 Å². The number of carbonyl (C=O) groups is 2. The third-order valence-corrected chi connectivity index (χ3v) is 7.82. The molecule has 0 saturated heterocycles. The van der Waals surface area contributed by atoms with Crippen molar-refractivity contribution >= 4 is 11.9 Å². The first-order valence-electron chi connectivity index (χ1n) is 14.3. The number of carboxylic acids is 1. The summed E-state index contributed by atoms with van der Waals surface area (Å²) in [5.74, 6) is -1.95. The van der Waals surface area contributed by atoms with Crippen molar-refractivity contribution in [3.8, 4) is 22.6 Å². The molecule has 1 amide bonds. The van der Waals surface area contributed by atoms with Gasteiger partial charge in [0.2, 0.25) is 0 Å². The van der Waals surface area contributed by atoms with E-state index in [2.05, 4.69) is 0 Å². The quantitative estimate of drug-likeness (QED) is 0.352. The minimum Gasteiger partial charge on any atom is -0.497 e. The fourth-order valence-electron chi connectivity index (χ4n) is 5.83. The number of nitrogens with zero attached hydrogens (tertiary/aromatic N) is 1. The summed E-state index contributed by atoms with van der Waals surface area (Å²) in [4.78, 5) is 26.9. The van der Waals surface area contributed by atoms with Gasteiger partial charge in [0.05, 0.1) is 31.3 Å². The van der Waals surface area contributed by atoms with Crippen molar-refractivity contribution in [3.05, 3.63) is 80.4 Å². The number of carbonyl (C=O) groups excluding carboxylic acids is 1. The molecular weight excluding hydrogens is 556 g/mol. The van der Waals surface area contributed by atoms with Gasteiger partial charge in [-0.3, -0.25) is 9.59 Å². The Morgan fingerprint density at radius 1 is 0.977 bits per heavy atom. The number of benzene rings is 3. The van der Waals surface area contributed by atoms with Gasteiger partial charge in [0, 0.05) is 18.7 Å². The maximum Gasteiger partial charge on any atom is 0.307 e. The normalized spacial score (nSPS) is 13.9. The molecule has 0 bridgehead atoms. The molecule has 2 aliphatic rings. The number of hydrogen-bond acceptors (Lipinski definition) is 5. The Kier molecular flexibility index (Phi) is 9.16. The maximum absolute atomic E-state index is 15.2. The van der Waals surface area contributed by atoms with Crippen LogP contribution in [0.25, 0.3) is 11.1 Å². The number of carboxylic acid groups (broad SMARTS) is 1. The van der Waals surface area contributed by atoms with Crippen LogP contribution in [-0.2, 0) is 30.7 Å². The Labute approximate surface area is 251 Å². The molecule has 0 aliphatic carbocycles. The summed E-state index contributed by atoms with van der Waals surface area (Å²) in [6, 6.07) is 5.46. The van der Waals surface area contributed by atoms with Gasteiger partial charge in [-0.05, 0) is 123 Å². The lowest BCUT2D eigenvalue weighted by Crippen LogP contribution is -2.26. The second kappa shape index (κ2) is 12.3. The summed E-state index contributed by atoms with van der Waals surface area (Å²) in [7, 11) is 1.45. The average Bonchev–Trinajstić information content (AvgIpc) is 3.39. The molecule has 0 saturated carbocycles. The zero-order valence-corrected chi connectivity index (χ0v) is 25.8. The summed E-state index contributed by atoms with van der Waals surface area (Å²) < 4.78 is 40.6. The Morgan fingerprint density at radius 3 is 2.21 bits per heavy atom. The SMILES string of the molecule is CC(C)(C)O.COc1ccc(F)c(C(=O)N2Cc3c(C)c(CC(=O)O)c(-c4cc(F)c5c(c4C)CCCO5)c(C)c3C2)c1. The van der Waals surface area contributed by atoms with Gasteiger partial charge in [0.25, 0.3) is 5.91 Å². The first kappa shape index (κ1) is 31.9. The van der Waals surface area contributed by atoms with Crippen molar-refractivity contribution in [1.29, 1.82) is 0 Å². The molecule has 2 aliphatic heterocycles. The Bertz CT molecular complexity index is 1590. The molecule has 0 fully saturated rings. The second-order valence-electron chi connectivity index (χ2n) is 12.1. The van der Waals surface area contributed by atoms with E-state index in [0.29, 0.717) is 35.5 Å². The van der Waals surface area contributed by atoms with Crippen LogP contribution in [0.2, 0.25) is 0 Å². The lowest BCUT2D eigenvalue weighted by molar-refractivity contribution is -0.136. The standard InChI is InChI=1S/C30H29F2NO5.C4H10O/c1-15-19-6-5-9-38-29(19)26(32)11-20(15)28-17(3)24-14-33(13-23(24)16(2)21(28)12-27(34)35)30(36)22-10-18(37-4)7-8-25(22)31;1-4(2,3)5/h7-8,10-11H,5-6,9,12-14H2,1-4H3,(H,34,35);5H,1-3H3. The highest BCUT2D eigenvalue weighted by Crippen LogP contribution is 2.44. The zero-order valence-electron chi connectivity index (χ0n) is 25.8. The van der Waals surface area contributed by atoms with Gasteiger partial charge in [0.1, 0.15) is 11.6 Å². The average molecular weight is 596 g/mol. The van der Waals surface area contributed by atoms with Crippen molar-refractivity contribution in [2.24, 2.45) is 0 Å². The van der Waals surface area contributed by atoms with Crippen LogP contribution >= 0.6 is 0 Å². The third kappa shape index (κ3) is 6.67. The van der Waals surface area contributed by atoms with E-state index >= 15 is 4.39 Å². The van der Waals surface area contributed by atoms with Crippen molar-refractivity contribution in [2.45, 2.75) is 79.5 Å². The number of aliphatic hydroxyl groups is 1. The number of ether oxygens (including phenoxy) is 2. The van der Waals surface area contributed by atoms with Gasteiger partial charge in [-0.15, -0.1) is 0 Å². The molecule has 2 heterocycles. The molecule has 0 unspecified atom stereocenters. The highest BCUT2D eigenvalue weighted by atomic mass is 19.1. The summed E-state index contributed by atoms with van der Waals surface area (Å²) in [5, 5.41) is 18.3. The van der Waals surface area contributed by atoms with E-state index in [1.54, 1.807) is 25.7 Å². The summed E-state index contributed by atoms with van der Waals surface area (Å²) in [6.45, 7) is 11.8. The van der Waals surface area contributed by atoms with Crippen LogP contribution < -0.4 is 9.47 Å². The molecule has 9 heteroatoms. The largest absolute Gasteiger partial charge is 0.497 e. The van der Waals surface area contributed by atoms with Gasteiger partial charge in [-0.2, -0.15) is 0 Å². The smallest absolute Gasteiger partial charge is 0.307 e. The highest BCUT2D eigenvalue weighted by molar-refractivity contribution is 5.95. The first-order chi connectivity index (χ1) is 20.1. The fourth-order valence-corrected chi connectivity index (χ4v) is 5.83. The number of amides is 1. The van der Waals surface area contributed by atoms with Crippen molar-refractivity contribution in [1.82, 2.24) is 4.90 Å². The van der Waals surface area contributed by atoms with E-state index in [0.717, 1.165) is 39.8 Å². The van der Waals surface area contributed by atoms with Crippen LogP contribution in [0.1, 0.15) is 76.5 Å². The molecule has 43 heavy (non-hydrogen) atoms. The van der Waals surface area contributed by atoms with E-state index in [-0.39, 0.29) is 30.8 Å². The monoisotopic (exact) mass is 595 g/mol. The predicted molar refractivity (Wildman–Crippen MR) is 160 cm³/mol. The molecule has 0 aromatic heterocycles. The summed E-state index contributed by atoms with van der Waals surface area (Å²) >= 11 is 0. The molecular formula is C34H39F2NO6. The molecule has 2 N–H and O–H groups in total. The Balaban J connectivity index is 0.000000782. The summed E-state index contributed by atoms with van der Waals surface area (Å²) in [5.41, 5.74) is 6.23. The van der Waals surface area contributed by atoms with Crippen LogP contribution in [0.15, 0.2) is 24.3 Å². The molecule has 5 rings (SSSR count). The van der Waals surface area contributed by atoms with Crippen molar-refractivity contribution in [2.75, 3.05) is 13.7 Å². The topological polar surface area (TPSA) is 96.3 Å². The van der Waals surface area contributed by atoms with E-state index < -0.39 is 29.1 Å². The van der Waals surface area contributed by atoms with E-state index in [4.69, 9.17) is 14.6 Å². The number of aliphatic carboxylic acids is 1. The van der Waals surface area contributed by atoms with Crippen LogP contribution in [0.5, 0.6) is 11.5 Å². The molecule has 0 atom stereocenters. The van der Waals surface area contributed by atoms with Crippen molar-refractivity contribution in [3.63, 3.8) is 0 Å². The molecule has 7 nitrogen and oxygen atoms in total. The molecule has 0 radical (unpaired) electrons. The third-order valence-electron chi connectivity index (χ3n) is 7.82. The molecule has 3 aromatic rings. The predicted octanol–water partition coefficient (Wildman–Crippen LogP) is 6.45. The zero-order chi connectivity index (χ0) is 31.8. The molecule has 3 aromatic carbocycles. The number of fused-ring (bicyclic) bond motifs is 2. The minimum atomic E-state index is -1.00. The van der Waals surface area contributed by atoms with Crippen LogP contribution in [-0.4, -0.2) is 46.3 Å². The van der Waals surface area contributed by atoms with Crippen LogP contribution in [0.3, 0.4) is 0 Å². The maximum atomic E-state index is 15.2. The Hall–Kier alpha value is -3.98. The van der Waals surface area contributed by atoms with Gasteiger partial charge < -0.3 is 24.6 Å². The fraction of sp³-hybridized carbons (Fsp3) is 0.412. The summed E-state index contributed by atoms with van der Waals surface area (Å²) in [6.07, 6.45) is 1.21. The van der Waals surface area contributed by atoms with Crippen LogP contribution in [0, 0.1) is 32.4 Å². The lowest BCUT2D eigenvalue weighted by Gasteiger charge is -2.25. The number of methoxy groups -OCH3 is 1. The first-order valence-corrected chi connectivity index (χ1v) is 14.3. The molecule has 230 valence electrons. The number of halogens is 2. The highest BCUT2D eigenvalue weighted by Gasteiger charge is 2.33. The Morgan fingerprint density at radius 2 is 1.60 bits per heavy atom. The van der Waals surface area contributed by atoms with Gasteiger partial charge in [-0.1, -0.05) is 0 Å².